The third kappa shape index (κ3) is 4.25. The van der Waals surface area contributed by atoms with E-state index in [1.807, 2.05) is 45.2 Å². The minimum Gasteiger partial charge on any atom is -0.423 e. The molecule has 1 aromatic carbocycles. The maximum absolute atomic E-state index is 10.0. The van der Waals surface area contributed by atoms with Crippen molar-refractivity contribution >= 4 is 30.0 Å². The van der Waals surface area contributed by atoms with Crippen molar-refractivity contribution in [3.8, 4) is 0 Å². The first-order valence-electron chi connectivity index (χ1n) is 9.71. The van der Waals surface area contributed by atoms with E-state index in [1.165, 1.54) is 0 Å². The van der Waals surface area contributed by atoms with Crippen LogP contribution in [0.1, 0.15) is 58.1 Å². The third-order valence-electron chi connectivity index (χ3n) is 5.07. The molecule has 0 radical (unpaired) electrons. The van der Waals surface area contributed by atoms with E-state index in [1.54, 1.807) is 0 Å². The Morgan fingerprint density at radius 3 is 2.78 bits per heavy atom. The van der Waals surface area contributed by atoms with Crippen LogP contribution in [0.2, 0.25) is 0 Å². The molecule has 0 aliphatic carbocycles. The molecule has 3 N–H and O–H groups in total. The van der Waals surface area contributed by atoms with Gasteiger partial charge in [0.05, 0.1) is 5.60 Å². The van der Waals surface area contributed by atoms with Crippen LogP contribution in [0.25, 0.3) is 0 Å². The molecule has 27 heavy (non-hydrogen) atoms. The molecule has 144 valence electrons. The van der Waals surface area contributed by atoms with Gasteiger partial charge < -0.3 is 20.3 Å². The molecule has 0 saturated heterocycles. The average Bonchev–Trinajstić information content (AvgIpc) is 2.86. The number of nitrogens with zero attached hydrogens (tertiary/aromatic N) is 2. The van der Waals surface area contributed by atoms with Gasteiger partial charge in [-0.25, -0.2) is 4.98 Å². The van der Waals surface area contributed by atoms with Gasteiger partial charge in [-0.3, -0.25) is 0 Å². The molecule has 3 rings (SSSR count). The summed E-state index contributed by atoms with van der Waals surface area (Å²) in [4.78, 5) is 9.08. The minimum absolute atomic E-state index is 0.413. The molecule has 0 amide bonds. The first-order chi connectivity index (χ1) is 12.8. The van der Waals surface area contributed by atoms with Gasteiger partial charge in [-0.15, -0.1) is 0 Å². The second kappa shape index (κ2) is 7.86. The van der Waals surface area contributed by atoms with Crippen molar-refractivity contribution in [1.29, 1.82) is 0 Å². The predicted molar refractivity (Wildman–Crippen MR) is 111 cm³/mol. The fraction of sp³-hybridized carbons (Fsp3) is 0.500. The first-order valence-corrected chi connectivity index (χ1v) is 9.71. The van der Waals surface area contributed by atoms with E-state index in [0.717, 1.165) is 47.4 Å². The van der Waals surface area contributed by atoms with Gasteiger partial charge in [-0.05, 0) is 56.8 Å². The number of aromatic nitrogens is 2. The molecule has 1 atom stereocenters. The Morgan fingerprint density at radius 2 is 2.07 bits per heavy atom. The van der Waals surface area contributed by atoms with Crippen LogP contribution >= 0.6 is 0 Å². The summed E-state index contributed by atoms with van der Waals surface area (Å²) in [5, 5.41) is 16.9. The van der Waals surface area contributed by atoms with Gasteiger partial charge in [0.1, 0.15) is 5.82 Å². The van der Waals surface area contributed by atoms with E-state index in [0.29, 0.717) is 12.0 Å². The van der Waals surface area contributed by atoms with E-state index in [4.69, 9.17) is 4.65 Å². The highest BCUT2D eigenvalue weighted by molar-refractivity contribution is 6.62. The van der Waals surface area contributed by atoms with Gasteiger partial charge in [0.2, 0.25) is 5.95 Å². The molecule has 1 aliphatic heterocycles. The van der Waals surface area contributed by atoms with E-state index in [2.05, 4.69) is 34.4 Å². The van der Waals surface area contributed by atoms with Crippen LogP contribution in [0.3, 0.4) is 0 Å². The minimum atomic E-state index is -0.875. The van der Waals surface area contributed by atoms with Crippen molar-refractivity contribution in [2.45, 2.75) is 65.5 Å². The summed E-state index contributed by atoms with van der Waals surface area (Å²) in [6.07, 6.45) is 5.15. The zero-order chi connectivity index (χ0) is 19.6. The van der Waals surface area contributed by atoms with Gasteiger partial charge in [0.15, 0.2) is 0 Å². The Kier molecular flexibility index (Phi) is 5.72. The molecule has 1 aliphatic rings. The summed E-state index contributed by atoms with van der Waals surface area (Å²) in [5.41, 5.74) is 3.15. The van der Waals surface area contributed by atoms with Crippen LogP contribution in [-0.4, -0.2) is 28.2 Å². The average molecular weight is 368 g/mol. The summed E-state index contributed by atoms with van der Waals surface area (Å²) in [6, 6.07) is 6.21. The summed E-state index contributed by atoms with van der Waals surface area (Å²) in [6.45, 7) is 10.3. The van der Waals surface area contributed by atoms with Crippen LogP contribution < -0.4 is 16.1 Å². The molecular weight excluding hydrogens is 339 g/mol. The standard InChI is InChI=1S/C20H29BN4O2/c1-6-8-14(7-2)23-18-13(3)12-22-19(25-18)24-15-9-10-17-16(11-15)20(4,5)27-21(17)26/h9-12,14,26H,6-8H2,1-5H3,(H2,22,23,24,25). The lowest BCUT2D eigenvalue weighted by Crippen LogP contribution is -2.28. The van der Waals surface area contributed by atoms with Crippen LogP contribution in [0, 0.1) is 6.92 Å². The van der Waals surface area contributed by atoms with Crippen LogP contribution in [-0.2, 0) is 10.3 Å². The van der Waals surface area contributed by atoms with Crippen molar-refractivity contribution in [2.24, 2.45) is 0 Å². The van der Waals surface area contributed by atoms with Crippen molar-refractivity contribution in [1.82, 2.24) is 9.97 Å². The van der Waals surface area contributed by atoms with Crippen molar-refractivity contribution < 1.29 is 9.68 Å². The molecule has 0 spiro atoms. The van der Waals surface area contributed by atoms with E-state index in [9.17, 15) is 5.02 Å². The lowest BCUT2D eigenvalue weighted by molar-refractivity contribution is 0.101. The lowest BCUT2D eigenvalue weighted by Gasteiger charge is -2.20. The molecule has 0 bridgehead atoms. The topological polar surface area (TPSA) is 79.3 Å². The van der Waals surface area contributed by atoms with Gasteiger partial charge in [0.25, 0.3) is 0 Å². The largest absolute Gasteiger partial charge is 0.492 e. The summed E-state index contributed by atoms with van der Waals surface area (Å²) in [5.74, 6) is 1.42. The smallest absolute Gasteiger partial charge is 0.423 e. The Bertz CT molecular complexity index is 813. The summed E-state index contributed by atoms with van der Waals surface area (Å²) in [7, 11) is -0.875. The number of hydrogen-bond acceptors (Lipinski definition) is 6. The third-order valence-corrected chi connectivity index (χ3v) is 5.07. The molecule has 2 aromatic rings. The molecule has 0 fully saturated rings. The molecule has 6 nitrogen and oxygen atoms in total. The molecule has 0 saturated carbocycles. The highest BCUT2D eigenvalue weighted by Crippen LogP contribution is 2.32. The highest BCUT2D eigenvalue weighted by Gasteiger charge is 2.40. The summed E-state index contributed by atoms with van der Waals surface area (Å²) >= 11 is 0. The first kappa shape index (κ1) is 19.6. The molecule has 1 aromatic heterocycles. The molecule has 7 heteroatoms. The quantitative estimate of drug-likeness (QED) is 0.650. The highest BCUT2D eigenvalue weighted by atomic mass is 16.5. The van der Waals surface area contributed by atoms with Gasteiger partial charge in [-0.1, -0.05) is 26.3 Å². The number of benzene rings is 1. The zero-order valence-corrected chi connectivity index (χ0v) is 16.8. The monoisotopic (exact) mass is 368 g/mol. The van der Waals surface area contributed by atoms with Gasteiger partial charge in [0, 0.05) is 23.5 Å². The predicted octanol–water partition coefficient (Wildman–Crippen LogP) is 3.47. The van der Waals surface area contributed by atoms with Crippen LogP contribution in [0.5, 0.6) is 0 Å². The molecule has 2 heterocycles. The van der Waals surface area contributed by atoms with E-state index in [-0.39, 0.29) is 0 Å². The van der Waals surface area contributed by atoms with Crippen molar-refractivity contribution in [3.63, 3.8) is 0 Å². The number of nitrogens with one attached hydrogen (secondary N) is 2. The SMILES string of the molecule is CCCC(CC)Nc1nc(Nc2ccc3c(c2)C(C)(C)OB3O)ncc1C. The Hall–Kier alpha value is -2.12. The van der Waals surface area contributed by atoms with Crippen LogP contribution in [0.4, 0.5) is 17.5 Å². The maximum atomic E-state index is 10.0. The number of fused-ring (bicyclic) bond motifs is 1. The molecule has 1 unspecified atom stereocenters. The zero-order valence-electron chi connectivity index (χ0n) is 16.8. The van der Waals surface area contributed by atoms with Crippen molar-refractivity contribution in [2.75, 3.05) is 10.6 Å². The van der Waals surface area contributed by atoms with Crippen molar-refractivity contribution in [3.05, 3.63) is 35.5 Å². The normalized spacial score (nSPS) is 16.1. The summed E-state index contributed by atoms with van der Waals surface area (Å²) < 4.78 is 5.62. The Labute approximate surface area is 161 Å². The maximum Gasteiger partial charge on any atom is 0.492 e. The van der Waals surface area contributed by atoms with Gasteiger partial charge in [-0.2, -0.15) is 4.98 Å². The molecular formula is C20H29BN4O2. The number of hydrogen-bond donors (Lipinski definition) is 3. The van der Waals surface area contributed by atoms with Crippen LogP contribution in [0.15, 0.2) is 24.4 Å². The Morgan fingerprint density at radius 1 is 1.30 bits per heavy atom. The number of anilines is 3. The number of aryl methyl sites for hydroxylation is 1. The number of rotatable bonds is 7. The Balaban J connectivity index is 1.82. The fourth-order valence-corrected chi connectivity index (χ4v) is 3.47. The second-order valence-electron chi connectivity index (χ2n) is 7.67. The second-order valence-corrected chi connectivity index (χ2v) is 7.67. The van der Waals surface area contributed by atoms with E-state index >= 15 is 0 Å². The fourth-order valence-electron chi connectivity index (χ4n) is 3.47. The van der Waals surface area contributed by atoms with Gasteiger partial charge >= 0.3 is 7.12 Å². The lowest BCUT2D eigenvalue weighted by atomic mass is 9.78. The van der Waals surface area contributed by atoms with E-state index < -0.39 is 12.7 Å².